The van der Waals surface area contributed by atoms with Crippen molar-refractivity contribution in [2.45, 2.75) is 40.0 Å². The monoisotopic (exact) mass is 377 g/mol. The molecule has 7 nitrogen and oxygen atoms in total. The van der Waals surface area contributed by atoms with Crippen LogP contribution in [0.15, 0.2) is 35.5 Å². The minimum absolute atomic E-state index is 0.0505. The normalized spacial score (nSPS) is 11.3. The number of carbonyl (C=O) groups is 3. The summed E-state index contributed by atoms with van der Waals surface area (Å²) in [6, 6.07) is 6.36. The molecule has 1 aromatic rings. The molecule has 0 radical (unpaired) electrons. The van der Waals surface area contributed by atoms with Crippen LogP contribution >= 0.6 is 0 Å². The first-order valence-corrected chi connectivity index (χ1v) is 9.01. The van der Waals surface area contributed by atoms with Crippen molar-refractivity contribution in [2.75, 3.05) is 25.6 Å². The van der Waals surface area contributed by atoms with E-state index in [2.05, 4.69) is 10.1 Å². The molecule has 0 aliphatic rings. The lowest BCUT2D eigenvalue weighted by molar-refractivity contribution is -0.141. The third-order valence-electron chi connectivity index (χ3n) is 3.66. The molecule has 0 bridgehead atoms. The Bertz CT molecular complexity index is 678. The lowest BCUT2D eigenvalue weighted by Gasteiger charge is -2.16. The van der Waals surface area contributed by atoms with Gasteiger partial charge in [0.1, 0.15) is 5.70 Å². The van der Waals surface area contributed by atoms with E-state index in [0.717, 1.165) is 12.8 Å². The molecule has 0 aromatic heterocycles. The van der Waals surface area contributed by atoms with Crippen LogP contribution in [-0.2, 0) is 23.8 Å². The van der Waals surface area contributed by atoms with Crippen LogP contribution < -0.4 is 5.32 Å². The van der Waals surface area contributed by atoms with Crippen LogP contribution in [0.4, 0.5) is 5.69 Å². The lowest BCUT2D eigenvalue weighted by atomic mass is 10.1. The Morgan fingerprint density at radius 1 is 0.926 bits per heavy atom. The third-order valence-corrected chi connectivity index (χ3v) is 3.66. The maximum atomic E-state index is 12.5. The zero-order valence-electron chi connectivity index (χ0n) is 16.3. The average molecular weight is 377 g/mol. The zero-order chi connectivity index (χ0) is 20.2. The molecular weight excluding hydrogens is 350 g/mol. The largest absolute Gasteiger partial charge is 0.465 e. The number of anilines is 1. The van der Waals surface area contributed by atoms with Gasteiger partial charge in [0.2, 0.25) is 0 Å². The Hall–Kier alpha value is -2.83. The molecule has 0 amide bonds. The van der Waals surface area contributed by atoms with Gasteiger partial charge in [-0.1, -0.05) is 13.3 Å². The predicted octanol–water partition coefficient (Wildman–Crippen LogP) is 3.46. The van der Waals surface area contributed by atoms with Crippen molar-refractivity contribution in [3.8, 4) is 0 Å². The quantitative estimate of drug-likeness (QED) is 0.379. The van der Waals surface area contributed by atoms with Gasteiger partial charge in [-0.2, -0.15) is 0 Å². The van der Waals surface area contributed by atoms with E-state index >= 15 is 0 Å². The number of benzene rings is 1. The van der Waals surface area contributed by atoms with E-state index in [1.807, 2.05) is 6.92 Å². The van der Waals surface area contributed by atoms with Crippen molar-refractivity contribution in [1.29, 1.82) is 0 Å². The SMILES string of the molecule is CCCC/C(C(=O)OCC)=C(/Nc1ccc(C(=O)OC)cc1)C(=O)OCC. The molecule has 0 saturated carbocycles. The molecule has 0 atom stereocenters. The molecule has 7 heteroatoms. The van der Waals surface area contributed by atoms with Crippen LogP contribution in [-0.4, -0.2) is 38.2 Å². The first kappa shape index (κ1) is 22.2. The summed E-state index contributed by atoms with van der Waals surface area (Å²) in [5.74, 6) is -1.64. The highest BCUT2D eigenvalue weighted by molar-refractivity contribution is 6.02. The van der Waals surface area contributed by atoms with Gasteiger partial charge in [-0.05, 0) is 51.0 Å². The molecule has 0 unspecified atom stereocenters. The summed E-state index contributed by atoms with van der Waals surface area (Å²) in [5.41, 5.74) is 1.20. The Morgan fingerprint density at radius 3 is 2.04 bits per heavy atom. The Labute approximate surface area is 159 Å². The average Bonchev–Trinajstić information content (AvgIpc) is 2.67. The van der Waals surface area contributed by atoms with E-state index < -0.39 is 17.9 Å². The van der Waals surface area contributed by atoms with E-state index in [1.165, 1.54) is 7.11 Å². The van der Waals surface area contributed by atoms with Crippen LogP contribution in [0, 0.1) is 0 Å². The predicted molar refractivity (Wildman–Crippen MR) is 101 cm³/mol. The fraction of sp³-hybridized carbons (Fsp3) is 0.450. The van der Waals surface area contributed by atoms with Gasteiger partial charge in [0.05, 0.1) is 31.5 Å². The molecule has 1 N–H and O–H groups in total. The standard InChI is InChI=1S/C20H27NO6/c1-5-8-9-16(19(23)26-6-2)17(20(24)27-7-3)21-15-12-10-14(11-13-15)18(22)25-4/h10-13,21H,5-9H2,1-4H3/b17-16-. The second-order valence-electron chi connectivity index (χ2n) is 5.59. The van der Waals surface area contributed by atoms with E-state index in [0.29, 0.717) is 17.7 Å². The van der Waals surface area contributed by atoms with Gasteiger partial charge < -0.3 is 19.5 Å². The highest BCUT2D eigenvalue weighted by Gasteiger charge is 2.23. The fourth-order valence-corrected chi connectivity index (χ4v) is 2.31. The van der Waals surface area contributed by atoms with Crippen molar-refractivity contribution in [1.82, 2.24) is 0 Å². The first-order chi connectivity index (χ1) is 13.0. The van der Waals surface area contributed by atoms with Gasteiger partial charge in [0, 0.05) is 5.69 Å². The summed E-state index contributed by atoms with van der Waals surface area (Å²) in [6.45, 7) is 5.77. The first-order valence-electron chi connectivity index (χ1n) is 9.01. The van der Waals surface area contributed by atoms with E-state index in [4.69, 9.17) is 9.47 Å². The maximum absolute atomic E-state index is 12.5. The van der Waals surface area contributed by atoms with Gasteiger partial charge >= 0.3 is 17.9 Å². The Kier molecular flexibility index (Phi) is 9.64. The number of esters is 3. The molecule has 0 heterocycles. The minimum atomic E-state index is -0.631. The molecule has 27 heavy (non-hydrogen) atoms. The summed E-state index contributed by atoms with van der Waals surface area (Å²) >= 11 is 0. The van der Waals surface area contributed by atoms with Gasteiger partial charge in [0.25, 0.3) is 0 Å². The lowest BCUT2D eigenvalue weighted by Crippen LogP contribution is -2.22. The van der Waals surface area contributed by atoms with Crippen LogP contribution in [0.1, 0.15) is 50.4 Å². The van der Waals surface area contributed by atoms with Gasteiger partial charge in [-0.3, -0.25) is 0 Å². The third kappa shape index (κ3) is 6.77. The minimum Gasteiger partial charge on any atom is -0.465 e. The van der Waals surface area contributed by atoms with Crippen LogP contribution in [0.2, 0.25) is 0 Å². The van der Waals surface area contributed by atoms with Crippen molar-refractivity contribution in [2.24, 2.45) is 0 Å². The number of unbranched alkanes of at least 4 members (excludes halogenated alkanes) is 1. The number of methoxy groups -OCH3 is 1. The summed E-state index contributed by atoms with van der Waals surface area (Å²) in [5, 5.41) is 2.95. The summed E-state index contributed by atoms with van der Waals surface area (Å²) in [7, 11) is 1.30. The summed E-state index contributed by atoms with van der Waals surface area (Å²) < 4.78 is 14.9. The molecule has 1 rings (SSSR count). The summed E-state index contributed by atoms with van der Waals surface area (Å²) in [4.78, 5) is 36.4. The van der Waals surface area contributed by atoms with E-state index in [1.54, 1.807) is 38.1 Å². The van der Waals surface area contributed by atoms with Crippen LogP contribution in [0.5, 0.6) is 0 Å². The topological polar surface area (TPSA) is 90.9 Å². The molecule has 0 aliphatic carbocycles. The number of hydrogen-bond acceptors (Lipinski definition) is 7. The zero-order valence-corrected chi connectivity index (χ0v) is 16.3. The second-order valence-corrected chi connectivity index (χ2v) is 5.59. The van der Waals surface area contributed by atoms with Gasteiger partial charge in [-0.25, -0.2) is 14.4 Å². The number of nitrogens with one attached hydrogen (secondary N) is 1. The Morgan fingerprint density at radius 2 is 1.52 bits per heavy atom. The smallest absolute Gasteiger partial charge is 0.355 e. The highest BCUT2D eigenvalue weighted by Crippen LogP contribution is 2.20. The molecule has 148 valence electrons. The number of hydrogen-bond donors (Lipinski definition) is 1. The molecular formula is C20H27NO6. The molecule has 1 aromatic carbocycles. The van der Waals surface area contributed by atoms with Crippen molar-refractivity contribution in [3.63, 3.8) is 0 Å². The number of ether oxygens (including phenoxy) is 3. The molecule has 0 aliphatic heterocycles. The molecule has 0 fully saturated rings. The fourth-order valence-electron chi connectivity index (χ4n) is 2.31. The number of carbonyl (C=O) groups excluding carboxylic acids is 3. The van der Waals surface area contributed by atoms with E-state index in [9.17, 15) is 14.4 Å². The van der Waals surface area contributed by atoms with Crippen LogP contribution in [0.25, 0.3) is 0 Å². The van der Waals surface area contributed by atoms with Gasteiger partial charge in [0.15, 0.2) is 0 Å². The second kappa shape index (κ2) is 11.7. The maximum Gasteiger partial charge on any atom is 0.355 e. The van der Waals surface area contributed by atoms with Gasteiger partial charge in [-0.15, -0.1) is 0 Å². The van der Waals surface area contributed by atoms with Crippen molar-refractivity contribution in [3.05, 3.63) is 41.1 Å². The van der Waals surface area contributed by atoms with E-state index in [-0.39, 0.29) is 24.5 Å². The van der Waals surface area contributed by atoms with Crippen LogP contribution in [0.3, 0.4) is 0 Å². The summed E-state index contributed by atoms with van der Waals surface area (Å²) in [6.07, 6.45) is 1.96. The Balaban J connectivity index is 3.25. The number of rotatable bonds is 10. The molecule has 0 saturated heterocycles. The highest BCUT2D eigenvalue weighted by atomic mass is 16.5. The van der Waals surface area contributed by atoms with Crippen molar-refractivity contribution < 1.29 is 28.6 Å². The van der Waals surface area contributed by atoms with Crippen molar-refractivity contribution >= 4 is 23.6 Å². The molecule has 0 spiro atoms.